The number of fused-ring (bicyclic) bond motifs is 1. The molecule has 2 heterocycles. The lowest BCUT2D eigenvalue weighted by Gasteiger charge is -2.44. The summed E-state index contributed by atoms with van der Waals surface area (Å²) in [5.41, 5.74) is 1.22. The third-order valence-electron chi connectivity index (χ3n) is 4.42. The smallest absolute Gasteiger partial charge is 0.250 e. The van der Waals surface area contributed by atoms with Crippen LogP contribution in [0.3, 0.4) is 0 Å². The van der Waals surface area contributed by atoms with Gasteiger partial charge in [-0.15, -0.1) is 0 Å². The van der Waals surface area contributed by atoms with Gasteiger partial charge >= 0.3 is 0 Å². The number of carbonyl (C=O) groups is 2. The molecule has 5 heteroatoms. The summed E-state index contributed by atoms with van der Waals surface area (Å²) in [7, 11) is 0. The van der Waals surface area contributed by atoms with E-state index in [1.807, 2.05) is 36.1 Å². The zero-order chi connectivity index (χ0) is 14.9. The SMILES string of the molecule is CCCC(=O)N1CCC2(CC1)Nc1ccccc1NC2=O. The third-order valence-corrected chi connectivity index (χ3v) is 4.42. The second-order valence-corrected chi connectivity index (χ2v) is 5.84. The first-order chi connectivity index (χ1) is 10.1. The highest BCUT2D eigenvalue weighted by Crippen LogP contribution is 2.36. The molecule has 0 bridgehead atoms. The third kappa shape index (κ3) is 2.48. The number of likely N-dealkylation sites (tertiary alicyclic amines) is 1. The first-order valence-corrected chi connectivity index (χ1v) is 7.61. The van der Waals surface area contributed by atoms with E-state index in [0.717, 1.165) is 17.8 Å². The standard InChI is InChI=1S/C16H21N3O2/c1-2-5-14(20)19-10-8-16(9-11-19)15(21)17-12-6-3-4-7-13(12)18-16/h3-4,6-7,18H,2,5,8-11H2,1H3,(H,17,21). The highest BCUT2D eigenvalue weighted by molar-refractivity contribution is 6.06. The lowest BCUT2D eigenvalue weighted by molar-refractivity contribution is -0.134. The Kier molecular flexibility index (Phi) is 3.57. The molecule has 2 aliphatic heterocycles. The van der Waals surface area contributed by atoms with E-state index in [1.165, 1.54) is 0 Å². The van der Waals surface area contributed by atoms with E-state index >= 15 is 0 Å². The first kappa shape index (κ1) is 13.9. The molecule has 0 radical (unpaired) electrons. The molecule has 112 valence electrons. The molecule has 1 spiro atoms. The second kappa shape index (κ2) is 5.39. The Morgan fingerprint density at radius 1 is 1.24 bits per heavy atom. The van der Waals surface area contributed by atoms with Crippen LogP contribution in [0, 0.1) is 0 Å². The molecule has 0 atom stereocenters. The summed E-state index contributed by atoms with van der Waals surface area (Å²) in [6.07, 6.45) is 2.77. The van der Waals surface area contributed by atoms with Gasteiger partial charge in [-0.3, -0.25) is 9.59 Å². The average molecular weight is 287 g/mol. The van der Waals surface area contributed by atoms with Crippen molar-refractivity contribution in [1.82, 2.24) is 4.90 Å². The van der Waals surface area contributed by atoms with Crippen molar-refractivity contribution in [3.63, 3.8) is 0 Å². The van der Waals surface area contributed by atoms with Crippen LogP contribution in [0.25, 0.3) is 0 Å². The van der Waals surface area contributed by atoms with Gasteiger partial charge in [0, 0.05) is 19.5 Å². The monoisotopic (exact) mass is 287 g/mol. The minimum atomic E-state index is -0.572. The van der Waals surface area contributed by atoms with Gasteiger partial charge in [-0.25, -0.2) is 0 Å². The summed E-state index contributed by atoms with van der Waals surface area (Å²) in [5, 5.41) is 6.39. The Morgan fingerprint density at radius 3 is 2.57 bits per heavy atom. The van der Waals surface area contributed by atoms with E-state index in [1.54, 1.807) is 0 Å². The maximum absolute atomic E-state index is 12.5. The van der Waals surface area contributed by atoms with Crippen molar-refractivity contribution in [2.75, 3.05) is 23.7 Å². The summed E-state index contributed by atoms with van der Waals surface area (Å²) in [5.74, 6) is 0.216. The Bertz CT molecular complexity index is 562. The van der Waals surface area contributed by atoms with Gasteiger partial charge in [0.25, 0.3) is 0 Å². The molecule has 1 aromatic carbocycles. The number of anilines is 2. The number of amides is 2. The van der Waals surface area contributed by atoms with E-state index < -0.39 is 5.54 Å². The van der Waals surface area contributed by atoms with Crippen LogP contribution >= 0.6 is 0 Å². The molecule has 1 fully saturated rings. The van der Waals surface area contributed by atoms with Crippen molar-refractivity contribution in [2.24, 2.45) is 0 Å². The van der Waals surface area contributed by atoms with Crippen LogP contribution in [0.5, 0.6) is 0 Å². The van der Waals surface area contributed by atoms with Crippen molar-refractivity contribution >= 4 is 23.2 Å². The topological polar surface area (TPSA) is 61.4 Å². The van der Waals surface area contributed by atoms with Crippen LogP contribution < -0.4 is 10.6 Å². The van der Waals surface area contributed by atoms with Crippen molar-refractivity contribution < 1.29 is 9.59 Å². The van der Waals surface area contributed by atoms with Crippen LogP contribution in [0.2, 0.25) is 0 Å². The van der Waals surface area contributed by atoms with E-state index in [-0.39, 0.29) is 11.8 Å². The summed E-state index contributed by atoms with van der Waals surface area (Å²) >= 11 is 0. The molecule has 1 saturated heterocycles. The van der Waals surface area contributed by atoms with Crippen LogP contribution in [-0.4, -0.2) is 35.3 Å². The number of nitrogens with zero attached hydrogens (tertiary/aromatic N) is 1. The van der Waals surface area contributed by atoms with E-state index in [9.17, 15) is 9.59 Å². The first-order valence-electron chi connectivity index (χ1n) is 7.61. The lowest BCUT2D eigenvalue weighted by atomic mass is 9.84. The largest absolute Gasteiger partial charge is 0.369 e. The number of para-hydroxylation sites is 2. The number of carbonyl (C=O) groups excluding carboxylic acids is 2. The zero-order valence-corrected chi connectivity index (χ0v) is 12.3. The number of rotatable bonds is 2. The number of hydrogen-bond acceptors (Lipinski definition) is 3. The van der Waals surface area contributed by atoms with Gasteiger partial charge in [-0.1, -0.05) is 19.1 Å². The Balaban J connectivity index is 1.73. The molecular formula is C16H21N3O2. The molecule has 2 N–H and O–H groups in total. The normalized spacial score (nSPS) is 19.7. The van der Waals surface area contributed by atoms with Crippen LogP contribution in [0.4, 0.5) is 11.4 Å². The minimum absolute atomic E-state index is 0.0174. The lowest BCUT2D eigenvalue weighted by Crippen LogP contribution is -2.59. The zero-order valence-electron chi connectivity index (χ0n) is 12.3. The fourth-order valence-corrected chi connectivity index (χ4v) is 3.12. The van der Waals surface area contributed by atoms with Crippen molar-refractivity contribution in [3.8, 4) is 0 Å². The summed E-state index contributed by atoms with van der Waals surface area (Å²) in [4.78, 5) is 26.3. The molecule has 1 aromatic rings. The summed E-state index contributed by atoms with van der Waals surface area (Å²) in [6, 6.07) is 7.74. The molecule has 5 nitrogen and oxygen atoms in total. The van der Waals surface area contributed by atoms with E-state index in [2.05, 4.69) is 10.6 Å². The fraction of sp³-hybridized carbons (Fsp3) is 0.500. The van der Waals surface area contributed by atoms with Gasteiger partial charge in [-0.05, 0) is 31.4 Å². The van der Waals surface area contributed by atoms with Crippen molar-refractivity contribution in [1.29, 1.82) is 0 Å². The van der Waals surface area contributed by atoms with Gasteiger partial charge in [0.1, 0.15) is 5.54 Å². The maximum atomic E-state index is 12.5. The maximum Gasteiger partial charge on any atom is 0.250 e. The van der Waals surface area contributed by atoms with Crippen molar-refractivity contribution in [2.45, 2.75) is 38.1 Å². The molecule has 0 aromatic heterocycles. The van der Waals surface area contributed by atoms with Gasteiger partial charge in [-0.2, -0.15) is 0 Å². The fourth-order valence-electron chi connectivity index (χ4n) is 3.12. The minimum Gasteiger partial charge on any atom is -0.369 e. The molecular weight excluding hydrogens is 266 g/mol. The second-order valence-electron chi connectivity index (χ2n) is 5.84. The highest BCUT2D eigenvalue weighted by Gasteiger charge is 2.44. The predicted molar refractivity (Wildman–Crippen MR) is 82.1 cm³/mol. The molecule has 3 rings (SSSR count). The summed E-state index contributed by atoms with van der Waals surface area (Å²) < 4.78 is 0. The molecule has 2 amide bonds. The van der Waals surface area contributed by atoms with Crippen LogP contribution in [-0.2, 0) is 9.59 Å². The molecule has 0 saturated carbocycles. The highest BCUT2D eigenvalue weighted by atomic mass is 16.2. The van der Waals surface area contributed by atoms with Gasteiger partial charge in [0.05, 0.1) is 11.4 Å². The predicted octanol–water partition coefficient (Wildman–Crippen LogP) is 2.21. The quantitative estimate of drug-likeness (QED) is 0.876. The number of nitrogens with one attached hydrogen (secondary N) is 2. The van der Waals surface area contributed by atoms with Gasteiger partial charge < -0.3 is 15.5 Å². The van der Waals surface area contributed by atoms with Crippen LogP contribution in [0.15, 0.2) is 24.3 Å². The van der Waals surface area contributed by atoms with E-state index in [0.29, 0.717) is 32.4 Å². The Morgan fingerprint density at radius 2 is 1.90 bits per heavy atom. The molecule has 0 aliphatic carbocycles. The number of piperidine rings is 1. The van der Waals surface area contributed by atoms with Crippen LogP contribution in [0.1, 0.15) is 32.6 Å². The Hall–Kier alpha value is -2.04. The van der Waals surface area contributed by atoms with E-state index in [4.69, 9.17) is 0 Å². The molecule has 21 heavy (non-hydrogen) atoms. The molecule has 2 aliphatic rings. The van der Waals surface area contributed by atoms with Crippen molar-refractivity contribution in [3.05, 3.63) is 24.3 Å². The number of benzene rings is 1. The molecule has 0 unspecified atom stereocenters. The summed E-state index contributed by atoms with van der Waals surface area (Å²) in [6.45, 7) is 3.29. The Labute approximate surface area is 124 Å². The van der Waals surface area contributed by atoms with Gasteiger partial charge in [0.2, 0.25) is 11.8 Å². The number of hydrogen-bond donors (Lipinski definition) is 2. The average Bonchev–Trinajstić information content (AvgIpc) is 2.49. The van der Waals surface area contributed by atoms with Gasteiger partial charge in [0.15, 0.2) is 0 Å².